The van der Waals surface area contributed by atoms with Gasteiger partial charge in [0.1, 0.15) is 4.24 Å². The third-order valence-electron chi connectivity index (χ3n) is 0.681. The first kappa shape index (κ1) is 6.87. The zero-order chi connectivity index (χ0) is 6.91. The van der Waals surface area contributed by atoms with E-state index in [1.165, 1.54) is 6.20 Å². The second kappa shape index (κ2) is 2.18. The van der Waals surface area contributed by atoms with Crippen LogP contribution in [-0.4, -0.2) is 8.42 Å². The first-order valence-corrected chi connectivity index (χ1v) is 4.37. The molecule has 0 saturated heterocycles. The Morgan fingerprint density at radius 2 is 2.33 bits per heavy atom. The summed E-state index contributed by atoms with van der Waals surface area (Å²) in [7, 11) is -3.50. The van der Waals surface area contributed by atoms with Crippen LogP contribution >= 0.6 is 11.9 Å². The molecule has 0 aromatic rings. The van der Waals surface area contributed by atoms with Gasteiger partial charge in [-0.25, -0.2) is 13.6 Å². The fourth-order valence-electron chi connectivity index (χ4n) is 0.338. The van der Waals surface area contributed by atoms with E-state index in [-0.39, 0.29) is 4.24 Å². The quantitative estimate of drug-likeness (QED) is 0.428. The summed E-state index contributed by atoms with van der Waals surface area (Å²) in [6.45, 7) is 0. The van der Waals surface area contributed by atoms with Crippen LogP contribution in [0.2, 0.25) is 0 Å². The molecule has 0 spiro atoms. The van der Waals surface area contributed by atoms with Crippen molar-refractivity contribution in [3.8, 4) is 0 Å². The molecule has 1 aliphatic heterocycles. The van der Waals surface area contributed by atoms with Gasteiger partial charge < -0.3 is 5.43 Å². The molecule has 0 aromatic carbocycles. The molecule has 0 aliphatic carbocycles. The average Bonchev–Trinajstić information content (AvgIpc) is 2.08. The lowest BCUT2D eigenvalue weighted by Crippen LogP contribution is -2.12. The highest BCUT2D eigenvalue weighted by atomic mass is 32.3. The molecule has 0 aromatic heterocycles. The molecule has 52 valence electrons. The SMILES string of the molecule is NS(=O)(=O)C1=CNNS1. The number of sulfonamides is 1. The summed E-state index contributed by atoms with van der Waals surface area (Å²) in [5.41, 5.74) is 2.47. The number of hydrazine groups is 1. The molecule has 4 N–H and O–H groups in total. The zero-order valence-electron chi connectivity index (χ0n) is 4.29. The van der Waals surface area contributed by atoms with Gasteiger partial charge in [0, 0.05) is 6.20 Å². The standard InChI is InChI=1S/C2H5N3O2S2/c3-9(6,7)2-1-4-5-8-2/h1,4-5H,(H2,3,6,7). The summed E-state index contributed by atoms with van der Waals surface area (Å²) in [6, 6.07) is 0. The van der Waals surface area contributed by atoms with Crippen LogP contribution in [0, 0.1) is 0 Å². The Morgan fingerprint density at radius 3 is 2.56 bits per heavy atom. The van der Waals surface area contributed by atoms with Gasteiger partial charge in [0.25, 0.3) is 0 Å². The van der Waals surface area contributed by atoms with Gasteiger partial charge in [-0.15, -0.1) is 0 Å². The lowest BCUT2D eigenvalue weighted by atomic mass is 11.1. The topological polar surface area (TPSA) is 84.2 Å². The van der Waals surface area contributed by atoms with Crippen LogP contribution in [-0.2, 0) is 10.0 Å². The third-order valence-corrected chi connectivity index (χ3v) is 2.85. The highest BCUT2D eigenvalue weighted by Crippen LogP contribution is 2.17. The van der Waals surface area contributed by atoms with Crippen LogP contribution in [0.4, 0.5) is 0 Å². The zero-order valence-corrected chi connectivity index (χ0v) is 5.92. The second-order valence-corrected chi connectivity index (χ2v) is 3.99. The molecule has 0 amide bonds. The van der Waals surface area contributed by atoms with Crippen LogP contribution < -0.4 is 15.4 Å². The van der Waals surface area contributed by atoms with E-state index in [0.717, 1.165) is 11.9 Å². The monoisotopic (exact) mass is 167 g/mol. The van der Waals surface area contributed by atoms with Gasteiger partial charge in [0.05, 0.1) is 0 Å². The first-order chi connectivity index (χ1) is 4.11. The largest absolute Gasteiger partial charge is 0.317 e. The van der Waals surface area contributed by atoms with Crippen LogP contribution in [0.1, 0.15) is 0 Å². The number of primary sulfonamides is 1. The van der Waals surface area contributed by atoms with Gasteiger partial charge in [-0.3, -0.25) is 0 Å². The lowest BCUT2D eigenvalue weighted by molar-refractivity contribution is 0.605. The maximum atomic E-state index is 10.4. The number of hydrogen-bond donors (Lipinski definition) is 3. The Balaban J connectivity index is 2.87. The van der Waals surface area contributed by atoms with Gasteiger partial charge in [0.2, 0.25) is 10.0 Å². The molecule has 5 nitrogen and oxygen atoms in total. The van der Waals surface area contributed by atoms with E-state index in [1.807, 2.05) is 0 Å². The highest BCUT2D eigenvalue weighted by Gasteiger charge is 2.15. The van der Waals surface area contributed by atoms with E-state index in [4.69, 9.17) is 5.14 Å². The highest BCUT2D eigenvalue weighted by molar-refractivity contribution is 8.17. The van der Waals surface area contributed by atoms with Crippen molar-refractivity contribution in [3.05, 3.63) is 10.4 Å². The minimum atomic E-state index is -3.50. The number of hydrogen-bond acceptors (Lipinski definition) is 5. The maximum Gasteiger partial charge on any atom is 0.246 e. The summed E-state index contributed by atoms with van der Waals surface area (Å²) in [4.78, 5) is 2.49. The van der Waals surface area contributed by atoms with Gasteiger partial charge in [0.15, 0.2) is 0 Å². The molecule has 7 heteroatoms. The molecule has 0 fully saturated rings. The Hall–Kier alpha value is -0.240. The molecular weight excluding hydrogens is 162 g/mol. The van der Waals surface area contributed by atoms with Crippen molar-refractivity contribution in [2.45, 2.75) is 0 Å². The van der Waals surface area contributed by atoms with Crippen molar-refractivity contribution in [2.75, 3.05) is 0 Å². The molecule has 0 atom stereocenters. The van der Waals surface area contributed by atoms with E-state index in [9.17, 15) is 8.42 Å². The second-order valence-electron chi connectivity index (χ2n) is 1.36. The summed E-state index contributed by atoms with van der Waals surface area (Å²) in [6.07, 6.45) is 1.29. The van der Waals surface area contributed by atoms with Crippen LogP contribution in [0.3, 0.4) is 0 Å². The molecule has 0 bridgehead atoms. The molecule has 9 heavy (non-hydrogen) atoms. The van der Waals surface area contributed by atoms with Crippen LogP contribution in [0.5, 0.6) is 0 Å². The van der Waals surface area contributed by atoms with Crippen molar-refractivity contribution in [1.29, 1.82) is 0 Å². The smallest absolute Gasteiger partial charge is 0.246 e. The number of nitrogens with two attached hydrogens (primary N) is 1. The fraction of sp³-hybridized carbons (Fsp3) is 0. The maximum absolute atomic E-state index is 10.4. The molecule has 0 unspecified atom stereocenters. The summed E-state index contributed by atoms with van der Waals surface area (Å²) >= 11 is 0.936. The van der Waals surface area contributed by atoms with Crippen LogP contribution in [0.25, 0.3) is 0 Å². The van der Waals surface area contributed by atoms with Crippen molar-refractivity contribution < 1.29 is 8.42 Å². The first-order valence-electron chi connectivity index (χ1n) is 2.01. The van der Waals surface area contributed by atoms with Crippen molar-refractivity contribution >= 4 is 22.0 Å². The fourth-order valence-corrected chi connectivity index (χ4v) is 1.49. The lowest BCUT2D eigenvalue weighted by Gasteiger charge is -1.91. The predicted molar refractivity (Wildman–Crippen MR) is 35.1 cm³/mol. The molecule has 1 heterocycles. The minimum Gasteiger partial charge on any atom is -0.317 e. The van der Waals surface area contributed by atoms with E-state index in [1.54, 1.807) is 0 Å². The minimum absolute atomic E-state index is 0.0995. The normalized spacial score (nSPS) is 19.0. The Kier molecular flexibility index (Phi) is 1.66. The molecular formula is C2H5N3O2S2. The summed E-state index contributed by atoms with van der Waals surface area (Å²) < 4.78 is 21.0. The van der Waals surface area contributed by atoms with E-state index < -0.39 is 10.0 Å². The van der Waals surface area contributed by atoms with Crippen molar-refractivity contribution in [1.82, 2.24) is 10.3 Å². The van der Waals surface area contributed by atoms with Crippen LogP contribution in [0.15, 0.2) is 10.4 Å². The van der Waals surface area contributed by atoms with Crippen molar-refractivity contribution in [2.24, 2.45) is 5.14 Å². The Labute approximate surface area is 56.8 Å². The van der Waals surface area contributed by atoms with Gasteiger partial charge in [-0.1, -0.05) is 0 Å². The van der Waals surface area contributed by atoms with Gasteiger partial charge in [-0.2, -0.15) is 4.83 Å². The predicted octanol–water partition coefficient (Wildman–Crippen LogP) is -1.17. The van der Waals surface area contributed by atoms with Gasteiger partial charge in [-0.05, 0) is 11.9 Å². The molecule has 1 rings (SSSR count). The molecule has 0 radical (unpaired) electrons. The third kappa shape index (κ3) is 1.58. The Morgan fingerprint density at radius 1 is 1.67 bits per heavy atom. The molecule has 0 saturated carbocycles. The average molecular weight is 167 g/mol. The molecule has 1 aliphatic rings. The van der Waals surface area contributed by atoms with E-state index >= 15 is 0 Å². The summed E-state index contributed by atoms with van der Waals surface area (Å²) in [5, 5.41) is 4.74. The summed E-state index contributed by atoms with van der Waals surface area (Å²) in [5.74, 6) is 0. The van der Waals surface area contributed by atoms with Crippen molar-refractivity contribution in [3.63, 3.8) is 0 Å². The van der Waals surface area contributed by atoms with E-state index in [0.29, 0.717) is 0 Å². The number of nitrogens with one attached hydrogen (secondary N) is 2. The Bertz CT molecular complexity index is 230. The number of rotatable bonds is 1. The van der Waals surface area contributed by atoms with Gasteiger partial charge >= 0.3 is 0 Å². The van der Waals surface area contributed by atoms with E-state index in [2.05, 4.69) is 10.3 Å².